The highest BCUT2D eigenvalue weighted by Crippen LogP contribution is 2.29. The fourth-order valence-electron chi connectivity index (χ4n) is 3.78. The number of hydrogen-bond donors (Lipinski definition) is 0. The highest BCUT2D eigenvalue weighted by atomic mass is 35.5. The normalized spacial score (nSPS) is 11.4. The van der Waals surface area contributed by atoms with Crippen molar-refractivity contribution < 1.29 is 9.13 Å². The van der Waals surface area contributed by atoms with Crippen molar-refractivity contribution in [2.45, 2.75) is 17.5 Å². The molecule has 0 spiro atoms. The number of aromatic nitrogens is 4. The van der Waals surface area contributed by atoms with Crippen LogP contribution < -0.4 is 10.3 Å². The molecule has 0 radical (unpaired) electrons. The predicted octanol–water partition coefficient (Wildman–Crippen LogP) is 5.19. The summed E-state index contributed by atoms with van der Waals surface area (Å²) >= 11 is 7.50. The molecule has 0 aliphatic rings. The van der Waals surface area contributed by atoms with Crippen molar-refractivity contribution >= 4 is 40.0 Å². The molecule has 0 aliphatic carbocycles. The summed E-state index contributed by atoms with van der Waals surface area (Å²) in [5.74, 6) is 0.972. The minimum atomic E-state index is -0.373. The van der Waals surface area contributed by atoms with Crippen molar-refractivity contribution in [2.75, 3.05) is 7.11 Å². The third-order valence-electron chi connectivity index (χ3n) is 5.41. The van der Waals surface area contributed by atoms with Crippen LogP contribution in [-0.2, 0) is 12.3 Å². The van der Waals surface area contributed by atoms with Crippen molar-refractivity contribution in [3.05, 3.63) is 99.1 Å². The summed E-state index contributed by atoms with van der Waals surface area (Å²) in [6.45, 7) is 0.263. The number of thioether (sulfide) groups is 1. The van der Waals surface area contributed by atoms with Crippen molar-refractivity contribution in [2.24, 2.45) is 0 Å². The van der Waals surface area contributed by atoms with Crippen LogP contribution in [0.5, 0.6) is 5.75 Å². The average molecular weight is 481 g/mol. The number of nitrogens with zero attached hydrogens (tertiary/aromatic N) is 4. The lowest BCUT2D eigenvalue weighted by molar-refractivity contribution is 0.408. The van der Waals surface area contributed by atoms with E-state index >= 15 is 0 Å². The summed E-state index contributed by atoms with van der Waals surface area (Å²) in [6.07, 6.45) is 0. The molecule has 0 amide bonds. The number of para-hydroxylation sites is 2. The number of halogens is 2. The maximum Gasteiger partial charge on any atom is 0.263 e. The molecule has 33 heavy (non-hydrogen) atoms. The van der Waals surface area contributed by atoms with Gasteiger partial charge in [0, 0.05) is 21.9 Å². The van der Waals surface area contributed by atoms with E-state index in [-0.39, 0.29) is 23.7 Å². The zero-order valence-corrected chi connectivity index (χ0v) is 19.1. The Morgan fingerprint density at radius 2 is 1.82 bits per heavy atom. The highest BCUT2D eigenvalue weighted by molar-refractivity contribution is 7.98. The van der Waals surface area contributed by atoms with Gasteiger partial charge in [-0.15, -0.1) is 10.2 Å². The molecule has 6 nitrogen and oxygen atoms in total. The van der Waals surface area contributed by atoms with E-state index in [9.17, 15) is 9.18 Å². The Balaban J connectivity index is 1.65. The predicted molar refractivity (Wildman–Crippen MR) is 128 cm³/mol. The van der Waals surface area contributed by atoms with Gasteiger partial charge in [-0.1, -0.05) is 59.8 Å². The Bertz CT molecular complexity index is 1530. The van der Waals surface area contributed by atoms with E-state index in [1.165, 1.54) is 17.8 Å². The molecule has 0 bridgehead atoms. The topological polar surface area (TPSA) is 61.4 Å². The smallest absolute Gasteiger partial charge is 0.263 e. The highest BCUT2D eigenvalue weighted by Gasteiger charge is 2.19. The second-order valence-corrected chi connectivity index (χ2v) is 8.68. The second kappa shape index (κ2) is 8.88. The Labute approximate surface area is 197 Å². The minimum absolute atomic E-state index is 0.176. The molecule has 3 aromatic carbocycles. The summed E-state index contributed by atoms with van der Waals surface area (Å²) in [5, 5.41) is 10.1. The number of benzene rings is 3. The molecule has 5 aromatic rings. The molecule has 0 unspecified atom stereocenters. The molecule has 2 heterocycles. The summed E-state index contributed by atoms with van der Waals surface area (Å²) in [7, 11) is 1.59. The van der Waals surface area contributed by atoms with Gasteiger partial charge in [0.1, 0.15) is 11.6 Å². The van der Waals surface area contributed by atoms with Gasteiger partial charge in [-0.25, -0.2) is 4.39 Å². The van der Waals surface area contributed by atoms with Crippen molar-refractivity contribution in [3.8, 4) is 5.75 Å². The fourth-order valence-corrected chi connectivity index (χ4v) is 5.06. The summed E-state index contributed by atoms with van der Waals surface area (Å²) in [5.41, 5.74) is 1.74. The monoisotopic (exact) mass is 480 g/mol. The third-order valence-corrected chi connectivity index (χ3v) is 6.72. The minimum Gasteiger partial charge on any atom is -0.496 e. The van der Waals surface area contributed by atoms with E-state index in [1.54, 1.807) is 29.9 Å². The van der Waals surface area contributed by atoms with Crippen molar-refractivity contribution in [1.29, 1.82) is 0 Å². The van der Waals surface area contributed by atoms with E-state index in [0.717, 1.165) is 5.56 Å². The first kappa shape index (κ1) is 21.5. The van der Waals surface area contributed by atoms with Crippen LogP contribution in [0.3, 0.4) is 0 Å². The number of rotatable bonds is 6. The second-order valence-electron chi connectivity index (χ2n) is 7.33. The lowest BCUT2D eigenvalue weighted by Crippen LogP contribution is -2.24. The molecule has 0 N–H and O–H groups in total. The van der Waals surface area contributed by atoms with Gasteiger partial charge in [0.25, 0.3) is 5.56 Å². The van der Waals surface area contributed by atoms with Gasteiger partial charge >= 0.3 is 0 Å². The molecule has 0 fully saturated rings. The van der Waals surface area contributed by atoms with Gasteiger partial charge in [-0.2, -0.15) is 0 Å². The molecular weight excluding hydrogens is 463 g/mol. The average Bonchev–Trinajstić information content (AvgIpc) is 3.25. The van der Waals surface area contributed by atoms with Gasteiger partial charge in [-0.3, -0.25) is 13.8 Å². The van der Waals surface area contributed by atoms with Gasteiger partial charge in [0.05, 0.1) is 24.6 Å². The lowest BCUT2D eigenvalue weighted by atomic mass is 10.2. The maximum atomic E-state index is 14.3. The fraction of sp³-hybridized carbons (Fsp3) is 0.125. The summed E-state index contributed by atoms with van der Waals surface area (Å²) in [4.78, 5) is 13.4. The Kier molecular flexibility index (Phi) is 5.78. The zero-order chi connectivity index (χ0) is 22.9. The van der Waals surface area contributed by atoms with Gasteiger partial charge in [-0.05, 0) is 30.3 Å². The van der Waals surface area contributed by atoms with E-state index in [0.29, 0.717) is 38.2 Å². The first-order valence-electron chi connectivity index (χ1n) is 10.1. The SMILES string of the molecule is COc1ccccc1Cn1c(=O)c2ccccc2n2c(SCc3c(F)cccc3Cl)nnc12. The van der Waals surface area contributed by atoms with E-state index < -0.39 is 0 Å². The van der Waals surface area contributed by atoms with Crippen molar-refractivity contribution in [3.63, 3.8) is 0 Å². The Hall–Kier alpha value is -3.36. The molecule has 0 saturated heterocycles. The lowest BCUT2D eigenvalue weighted by Gasteiger charge is -2.13. The summed E-state index contributed by atoms with van der Waals surface area (Å²) in [6, 6.07) is 19.4. The van der Waals surface area contributed by atoms with Crippen LogP contribution in [0.25, 0.3) is 16.7 Å². The largest absolute Gasteiger partial charge is 0.496 e. The summed E-state index contributed by atoms with van der Waals surface area (Å²) < 4.78 is 23.1. The number of fused-ring (bicyclic) bond motifs is 3. The van der Waals surface area contributed by atoms with Crippen LogP contribution in [0.15, 0.2) is 76.7 Å². The molecule has 2 aromatic heterocycles. The van der Waals surface area contributed by atoms with Crippen LogP contribution in [0, 0.1) is 5.82 Å². The maximum absolute atomic E-state index is 14.3. The van der Waals surface area contributed by atoms with Gasteiger partial charge < -0.3 is 4.74 Å². The van der Waals surface area contributed by atoms with Gasteiger partial charge in [0.15, 0.2) is 5.16 Å². The molecular formula is C24H18ClFN4O2S. The molecule has 0 aliphatic heterocycles. The zero-order valence-electron chi connectivity index (χ0n) is 17.5. The van der Waals surface area contributed by atoms with Crippen molar-refractivity contribution in [1.82, 2.24) is 19.2 Å². The Morgan fingerprint density at radius 1 is 1.03 bits per heavy atom. The Morgan fingerprint density at radius 3 is 2.64 bits per heavy atom. The first-order valence-corrected chi connectivity index (χ1v) is 11.5. The molecule has 166 valence electrons. The van der Waals surface area contributed by atoms with Crippen LogP contribution in [0.1, 0.15) is 11.1 Å². The van der Waals surface area contributed by atoms with E-state index in [4.69, 9.17) is 16.3 Å². The van der Waals surface area contributed by atoms with E-state index in [1.807, 2.05) is 46.9 Å². The quantitative estimate of drug-likeness (QED) is 0.313. The molecule has 5 rings (SSSR count). The molecule has 9 heteroatoms. The first-order chi connectivity index (χ1) is 16.1. The van der Waals surface area contributed by atoms with E-state index in [2.05, 4.69) is 10.2 Å². The van der Waals surface area contributed by atoms with Gasteiger partial charge in [0.2, 0.25) is 5.78 Å². The van der Waals surface area contributed by atoms with Crippen LogP contribution in [-0.4, -0.2) is 26.3 Å². The number of ether oxygens (including phenoxy) is 1. The number of hydrogen-bond acceptors (Lipinski definition) is 5. The molecule has 0 atom stereocenters. The number of methoxy groups -OCH3 is 1. The third kappa shape index (κ3) is 3.85. The standard InChI is InChI=1S/C24H18ClFN4O2S/c1-32-21-12-5-2-7-15(21)13-29-22(31)16-8-3-4-11-20(16)30-23(29)27-28-24(30)33-14-17-18(25)9-6-10-19(17)26/h2-12H,13-14H2,1H3. The molecule has 0 saturated carbocycles. The van der Waals surface area contributed by atoms with Crippen LogP contribution >= 0.6 is 23.4 Å². The van der Waals surface area contributed by atoms with Crippen LogP contribution in [0.2, 0.25) is 5.02 Å². The van der Waals surface area contributed by atoms with Crippen LogP contribution in [0.4, 0.5) is 4.39 Å².